The van der Waals surface area contributed by atoms with E-state index in [0.29, 0.717) is 21.6 Å². The molecule has 1 saturated heterocycles. The van der Waals surface area contributed by atoms with E-state index in [2.05, 4.69) is 5.32 Å². The molecule has 32 heavy (non-hydrogen) atoms. The van der Waals surface area contributed by atoms with E-state index in [4.69, 9.17) is 34.8 Å². The molecule has 1 N–H and O–H groups in total. The Balaban J connectivity index is 2.10. The van der Waals surface area contributed by atoms with E-state index < -0.39 is 36.0 Å². The van der Waals surface area contributed by atoms with Crippen molar-refractivity contribution in [2.24, 2.45) is 0 Å². The minimum Gasteiger partial charge on any atom is -0.465 e. The Morgan fingerprint density at radius 3 is 2.25 bits per heavy atom. The van der Waals surface area contributed by atoms with Gasteiger partial charge in [-0.05, 0) is 60.6 Å². The molecule has 0 unspecified atom stereocenters. The molecule has 1 aliphatic rings. The second-order valence-corrected chi connectivity index (χ2v) is 10.1. The lowest BCUT2D eigenvalue weighted by Crippen LogP contribution is -2.41. The van der Waals surface area contributed by atoms with Gasteiger partial charge in [-0.2, -0.15) is 0 Å². The number of benzene rings is 1. The third kappa shape index (κ3) is 4.75. The average molecular weight is 466 g/mol. The number of fused-ring (bicyclic) bond motifs is 1. The number of furan rings is 1. The summed E-state index contributed by atoms with van der Waals surface area (Å²) in [6.07, 6.45) is -0.607. The highest BCUT2D eigenvalue weighted by Gasteiger charge is 2.53. The van der Waals surface area contributed by atoms with Crippen LogP contribution in [0.3, 0.4) is 0 Å². The standard InChI is InChI=1S/C22H29BClNO7/c1-20(2,3)30-19(27)25-11-15-16(23-31-21(4,5)22(6,7)32-23)13-9-12(24)10-14(17(13)29-15)18(26)28-8/h9-10H,11H2,1-8H3,(H,25,27). The summed E-state index contributed by atoms with van der Waals surface area (Å²) in [5.74, 6) is -0.241. The van der Waals surface area contributed by atoms with Crippen LogP contribution in [-0.2, 0) is 25.3 Å². The summed E-state index contributed by atoms with van der Waals surface area (Å²) in [6.45, 7) is 13.0. The lowest BCUT2D eigenvalue weighted by molar-refractivity contribution is 0.00578. The Labute approximate surface area is 193 Å². The lowest BCUT2D eigenvalue weighted by atomic mass is 9.76. The van der Waals surface area contributed by atoms with Gasteiger partial charge < -0.3 is 28.5 Å². The molecule has 0 radical (unpaired) electrons. The molecule has 3 rings (SSSR count). The molecule has 0 saturated carbocycles. The van der Waals surface area contributed by atoms with Crippen molar-refractivity contribution < 1.29 is 32.8 Å². The van der Waals surface area contributed by atoms with Crippen molar-refractivity contribution >= 4 is 47.2 Å². The van der Waals surface area contributed by atoms with E-state index in [1.54, 1.807) is 26.8 Å². The summed E-state index contributed by atoms with van der Waals surface area (Å²) in [5.41, 5.74) is -0.898. The predicted octanol–water partition coefficient (Wildman–Crippen LogP) is 4.20. The number of nitrogens with one attached hydrogen (secondary N) is 1. The summed E-state index contributed by atoms with van der Waals surface area (Å²) in [4.78, 5) is 24.6. The Kier molecular flexibility index (Phi) is 6.32. The van der Waals surface area contributed by atoms with Crippen molar-refractivity contribution in [3.63, 3.8) is 0 Å². The van der Waals surface area contributed by atoms with Gasteiger partial charge in [0, 0.05) is 15.9 Å². The van der Waals surface area contributed by atoms with Crippen LogP contribution in [0, 0.1) is 0 Å². The third-order valence-corrected chi connectivity index (χ3v) is 5.77. The zero-order chi connectivity index (χ0) is 24.1. The van der Waals surface area contributed by atoms with Gasteiger partial charge in [-0.3, -0.25) is 0 Å². The van der Waals surface area contributed by atoms with Gasteiger partial charge in [0.05, 0.1) is 24.9 Å². The number of methoxy groups -OCH3 is 1. The quantitative estimate of drug-likeness (QED) is 0.534. The van der Waals surface area contributed by atoms with E-state index in [0.717, 1.165) is 0 Å². The van der Waals surface area contributed by atoms with Crippen LogP contribution in [-0.4, -0.2) is 43.1 Å². The maximum atomic E-state index is 12.4. The van der Waals surface area contributed by atoms with E-state index in [1.165, 1.54) is 13.2 Å². The summed E-state index contributed by atoms with van der Waals surface area (Å²) in [5, 5.41) is 3.55. The number of amides is 1. The first kappa shape index (κ1) is 24.4. The Hall–Kier alpha value is -2.23. The fraction of sp³-hybridized carbons (Fsp3) is 0.545. The molecular formula is C22H29BClNO7. The number of hydrogen-bond acceptors (Lipinski definition) is 7. The number of rotatable bonds is 4. The van der Waals surface area contributed by atoms with E-state index in [1.807, 2.05) is 27.7 Å². The molecule has 0 aliphatic carbocycles. The van der Waals surface area contributed by atoms with Crippen LogP contribution in [0.4, 0.5) is 4.79 Å². The van der Waals surface area contributed by atoms with Gasteiger partial charge in [-0.1, -0.05) is 11.6 Å². The molecule has 0 spiro atoms. The van der Waals surface area contributed by atoms with Gasteiger partial charge in [0.15, 0.2) is 0 Å². The monoisotopic (exact) mass is 465 g/mol. The number of carbonyl (C=O) groups is 2. The summed E-state index contributed by atoms with van der Waals surface area (Å²) in [6, 6.07) is 3.14. The minimum atomic E-state index is -0.805. The van der Waals surface area contributed by atoms with E-state index in [-0.39, 0.29) is 17.7 Å². The van der Waals surface area contributed by atoms with Gasteiger partial charge in [-0.25, -0.2) is 9.59 Å². The average Bonchev–Trinajstić information content (AvgIpc) is 3.10. The van der Waals surface area contributed by atoms with Crippen molar-refractivity contribution in [1.29, 1.82) is 0 Å². The van der Waals surface area contributed by atoms with Gasteiger partial charge >= 0.3 is 19.2 Å². The number of ether oxygens (including phenoxy) is 2. The number of hydrogen-bond donors (Lipinski definition) is 1. The van der Waals surface area contributed by atoms with Crippen molar-refractivity contribution in [2.45, 2.75) is 71.8 Å². The number of esters is 1. The molecule has 8 nitrogen and oxygen atoms in total. The van der Waals surface area contributed by atoms with Crippen LogP contribution in [0.15, 0.2) is 16.5 Å². The fourth-order valence-electron chi connectivity index (χ4n) is 3.31. The third-order valence-electron chi connectivity index (χ3n) is 5.56. The lowest BCUT2D eigenvalue weighted by Gasteiger charge is -2.32. The topological polar surface area (TPSA) is 96.2 Å². The molecule has 2 heterocycles. The molecule has 10 heteroatoms. The molecule has 1 fully saturated rings. The Morgan fingerprint density at radius 2 is 1.72 bits per heavy atom. The second kappa shape index (κ2) is 8.28. The first-order valence-electron chi connectivity index (χ1n) is 10.3. The van der Waals surface area contributed by atoms with Crippen LogP contribution < -0.4 is 10.8 Å². The Morgan fingerprint density at radius 1 is 1.12 bits per heavy atom. The van der Waals surface area contributed by atoms with Crippen LogP contribution in [0.5, 0.6) is 0 Å². The summed E-state index contributed by atoms with van der Waals surface area (Å²) in [7, 11) is 0.471. The maximum absolute atomic E-state index is 12.4. The molecule has 1 aromatic heterocycles. The van der Waals surface area contributed by atoms with Gasteiger partial charge in [0.1, 0.15) is 22.5 Å². The predicted molar refractivity (Wildman–Crippen MR) is 121 cm³/mol. The van der Waals surface area contributed by atoms with Gasteiger partial charge in [0.2, 0.25) is 0 Å². The molecule has 0 bridgehead atoms. The zero-order valence-electron chi connectivity index (χ0n) is 19.7. The largest absolute Gasteiger partial charge is 0.499 e. The van der Waals surface area contributed by atoms with Crippen LogP contribution in [0.2, 0.25) is 5.02 Å². The minimum absolute atomic E-state index is 0.0127. The molecule has 1 aliphatic heterocycles. The van der Waals surface area contributed by atoms with Gasteiger partial charge in [-0.15, -0.1) is 0 Å². The first-order valence-corrected chi connectivity index (χ1v) is 10.7. The number of alkyl carbamates (subject to hydrolysis) is 1. The summed E-state index contributed by atoms with van der Waals surface area (Å²) >= 11 is 6.30. The molecular weight excluding hydrogens is 437 g/mol. The number of carbonyl (C=O) groups excluding carboxylic acids is 2. The number of halogens is 1. The highest BCUT2D eigenvalue weighted by Crippen LogP contribution is 2.38. The molecule has 0 atom stereocenters. The van der Waals surface area contributed by atoms with Crippen molar-refractivity contribution in [2.75, 3.05) is 7.11 Å². The molecule has 1 amide bonds. The van der Waals surface area contributed by atoms with E-state index in [9.17, 15) is 9.59 Å². The fourth-order valence-corrected chi connectivity index (χ4v) is 3.53. The second-order valence-electron chi connectivity index (χ2n) is 9.70. The van der Waals surface area contributed by atoms with Crippen LogP contribution in [0.1, 0.15) is 64.6 Å². The van der Waals surface area contributed by atoms with Crippen molar-refractivity contribution in [3.8, 4) is 0 Å². The van der Waals surface area contributed by atoms with E-state index >= 15 is 0 Å². The highest BCUT2D eigenvalue weighted by atomic mass is 35.5. The zero-order valence-corrected chi connectivity index (χ0v) is 20.4. The van der Waals surface area contributed by atoms with Gasteiger partial charge in [0.25, 0.3) is 0 Å². The normalized spacial score (nSPS) is 17.5. The van der Waals surface area contributed by atoms with Crippen LogP contribution in [0.25, 0.3) is 11.0 Å². The van der Waals surface area contributed by atoms with Crippen molar-refractivity contribution in [1.82, 2.24) is 5.32 Å². The SMILES string of the molecule is COC(=O)c1cc(Cl)cc2c(B3OC(C)(C)C(C)(C)O3)c(CNC(=O)OC(C)(C)C)oc12. The maximum Gasteiger partial charge on any atom is 0.499 e. The summed E-state index contributed by atoms with van der Waals surface area (Å²) < 4.78 is 28.7. The molecule has 1 aromatic carbocycles. The van der Waals surface area contributed by atoms with Crippen LogP contribution >= 0.6 is 11.6 Å². The highest BCUT2D eigenvalue weighted by molar-refractivity contribution is 6.65. The van der Waals surface area contributed by atoms with Crippen molar-refractivity contribution in [3.05, 3.63) is 28.5 Å². The first-order chi connectivity index (χ1) is 14.6. The Bertz CT molecular complexity index is 1040. The molecule has 174 valence electrons. The smallest absolute Gasteiger partial charge is 0.465 e. The molecule has 2 aromatic rings.